The summed E-state index contributed by atoms with van der Waals surface area (Å²) in [7, 11) is 4.22. The van der Waals surface area contributed by atoms with E-state index in [0.29, 0.717) is 11.9 Å². The predicted octanol–water partition coefficient (Wildman–Crippen LogP) is 0.539. The fourth-order valence-corrected chi connectivity index (χ4v) is 2.94. The second-order valence-electron chi connectivity index (χ2n) is 6.00. The first-order chi connectivity index (χ1) is 8.03. The molecule has 2 aliphatic rings. The van der Waals surface area contributed by atoms with Crippen molar-refractivity contribution in [3.8, 4) is 0 Å². The van der Waals surface area contributed by atoms with Crippen LogP contribution in [0.1, 0.15) is 26.2 Å². The smallest absolute Gasteiger partial charge is 0.229 e. The van der Waals surface area contributed by atoms with Gasteiger partial charge >= 0.3 is 0 Å². The molecule has 1 N–H and O–H groups in total. The summed E-state index contributed by atoms with van der Waals surface area (Å²) < 4.78 is 0. The van der Waals surface area contributed by atoms with Crippen LogP contribution in [0.2, 0.25) is 0 Å². The summed E-state index contributed by atoms with van der Waals surface area (Å²) in [6.07, 6.45) is 3.33. The van der Waals surface area contributed by atoms with E-state index < -0.39 is 0 Å². The minimum Gasteiger partial charge on any atom is -0.341 e. The molecule has 4 heteroatoms. The number of hydrogen-bond acceptors (Lipinski definition) is 3. The van der Waals surface area contributed by atoms with Crippen LogP contribution in [0, 0.1) is 5.41 Å². The van der Waals surface area contributed by atoms with Crippen LogP contribution in [0.15, 0.2) is 0 Å². The van der Waals surface area contributed by atoms with Crippen LogP contribution >= 0.6 is 0 Å². The lowest BCUT2D eigenvalue weighted by molar-refractivity contribution is -0.142. The second-order valence-corrected chi connectivity index (χ2v) is 6.00. The van der Waals surface area contributed by atoms with Gasteiger partial charge in [0.05, 0.1) is 5.41 Å². The zero-order chi connectivity index (χ0) is 12.5. The van der Waals surface area contributed by atoms with Crippen LogP contribution in [0.5, 0.6) is 0 Å². The largest absolute Gasteiger partial charge is 0.341 e. The molecule has 0 aromatic heterocycles. The van der Waals surface area contributed by atoms with Crippen molar-refractivity contribution in [3.63, 3.8) is 0 Å². The summed E-state index contributed by atoms with van der Waals surface area (Å²) in [5, 5.41) is 3.31. The molecule has 0 aliphatic carbocycles. The average molecular weight is 239 g/mol. The summed E-state index contributed by atoms with van der Waals surface area (Å²) in [6.45, 7) is 5.77. The Kier molecular flexibility index (Phi) is 3.73. The van der Waals surface area contributed by atoms with Gasteiger partial charge in [0.1, 0.15) is 0 Å². The summed E-state index contributed by atoms with van der Waals surface area (Å²) in [5.41, 5.74) is -0.159. The summed E-state index contributed by atoms with van der Waals surface area (Å²) in [6, 6.07) is 0.533. The third-order valence-electron chi connectivity index (χ3n) is 4.30. The standard InChI is InChI=1S/C13H25N3O/c1-13(6-7-14-10-13)12(17)16-8-4-5-11(9-16)15(2)3/h11,14H,4-10H2,1-3H3. The first-order valence-electron chi connectivity index (χ1n) is 6.69. The number of piperidine rings is 1. The molecule has 0 aromatic carbocycles. The Morgan fingerprint density at radius 2 is 2.24 bits per heavy atom. The maximum atomic E-state index is 12.6. The van der Waals surface area contributed by atoms with Gasteiger partial charge in [-0.25, -0.2) is 0 Å². The lowest BCUT2D eigenvalue weighted by Gasteiger charge is -2.39. The molecule has 98 valence electrons. The van der Waals surface area contributed by atoms with Crippen molar-refractivity contribution in [2.75, 3.05) is 40.3 Å². The molecule has 2 rings (SSSR count). The van der Waals surface area contributed by atoms with Crippen molar-refractivity contribution in [2.24, 2.45) is 5.41 Å². The number of nitrogens with one attached hydrogen (secondary N) is 1. The van der Waals surface area contributed by atoms with Gasteiger partial charge in [0, 0.05) is 25.7 Å². The maximum Gasteiger partial charge on any atom is 0.229 e. The van der Waals surface area contributed by atoms with E-state index in [1.54, 1.807) is 0 Å². The molecular formula is C13H25N3O. The normalized spacial score (nSPS) is 34.4. The van der Waals surface area contributed by atoms with Crippen LogP contribution in [0.3, 0.4) is 0 Å². The lowest BCUT2D eigenvalue weighted by Crippen LogP contribution is -2.52. The molecule has 0 aromatic rings. The minimum atomic E-state index is -0.159. The highest BCUT2D eigenvalue weighted by molar-refractivity contribution is 5.83. The Morgan fingerprint density at radius 3 is 2.82 bits per heavy atom. The molecule has 0 spiro atoms. The van der Waals surface area contributed by atoms with E-state index in [0.717, 1.165) is 39.0 Å². The van der Waals surface area contributed by atoms with Crippen molar-refractivity contribution in [3.05, 3.63) is 0 Å². The quantitative estimate of drug-likeness (QED) is 0.764. The Morgan fingerprint density at radius 1 is 1.47 bits per heavy atom. The van der Waals surface area contributed by atoms with E-state index in [9.17, 15) is 4.79 Å². The van der Waals surface area contributed by atoms with Gasteiger partial charge in [0.25, 0.3) is 0 Å². The van der Waals surface area contributed by atoms with Crippen LogP contribution in [0.25, 0.3) is 0 Å². The molecule has 0 bridgehead atoms. The number of likely N-dealkylation sites (tertiary alicyclic amines) is 1. The Labute approximate surface area is 104 Å². The van der Waals surface area contributed by atoms with Crippen LogP contribution in [0.4, 0.5) is 0 Å². The van der Waals surface area contributed by atoms with E-state index in [1.807, 2.05) is 0 Å². The number of rotatable bonds is 2. The number of likely N-dealkylation sites (N-methyl/N-ethyl adjacent to an activating group) is 1. The first-order valence-corrected chi connectivity index (χ1v) is 6.69. The number of carbonyl (C=O) groups excluding carboxylic acids is 1. The zero-order valence-corrected chi connectivity index (χ0v) is 11.3. The van der Waals surface area contributed by atoms with Gasteiger partial charge in [-0.15, -0.1) is 0 Å². The minimum absolute atomic E-state index is 0.159. The average Bonchev–Trinajstić information content (AvgIpc) is 2.76. The van der Waals surface area contributed by atoms with E-state index >= 15 is 0 Å². The third-order valence-corrected chi connectivity index (χ3v) is 4.30. The molecule has 0 saturated carbocycles. The van der Waals surface area contributed by atoms with Crippen LogP contribution < -0.4 is 5.32 Å². The van der Waals surface area contributed by atoms with Crippen LogP contribution in [-0.2, 0) is 4.79 Å². The molecule has 2 unspecified atom stereocenters. The SMILES string of the molecule is CN(C)C1CCCN(C(=O)C2(C)CCNC2)C1. The van der Waals surface area contributed by atoms with Crippen molar-refractivity contribution >= 4 is 5.91 Å². The fraction of sp³-hybridized carbons (Fsp3) is 0.923. The molecule has 2 atom stereocenters. The van der Waals surface area contributed by atoms with Crippen molar-refractivity contribution in [1.82, 2.24) is 15.1 Å². The highest BCUT2D eigenvalue weighted by Gasteiger charge is 2.40. The first kappa shape index (κ1) is 12.8. The zero-order valence-electron chi connectivity index (χ0n) is 11.3. The summed E-state index contributed by atoms with van der Waals surface area (Å²) in [4.78, 5) is 16.9. The fourth-order valence-electron chi connectivity index (χ4n) is 2.94. The molecule has 2 aliphatic heterocycles. The van der Waals surface area contributed by atoms with Crippen LogP contribution in [-0.4, -0.2) is 62.0 Å². The monoisotopic (exact) mass is 239 g/mol. The van der Waals surface area contributed by atoms with E-state index in [4.69, 9.17) is 0 Å². The van der Waals surface area contributed by atoms with Gasteiger partial charge in [-0.2, -0.15) is 0 Å². The number of hydrogen-bond donors (Lipinski definition) is 1. The van der Waals surface area contributed by atoms with Gasteiger partial charge < -0.3 is 15.1 Å². The number of nitrogens with zero attached hydrogens (tertiary/aromatic N) is 2. The Balaban J connectivity index is 1.99. The Hall–Kier alpha value is -0.610. The molecule has 2 saturated heterocycles. The summed E-state index contributed by atoms with van der Waals surface area (Å²) in [5.74, 6) is 0.356. The molecular weight excluding hydrogens is 214 g/mol. The molecule has 0 radical (unpaired) electrons. The highest BCUT2D eigenvalue weighted by Crippen LogP contribution is 2.29. The molecule has 1 amide bonds. The van der Waals surface area contributed by atoms with Crippen molar-refractivity contribution in [2.45, 2.75) is 32.2 Å². The predicted molar refractivity (Wildman–Crippen MR) is 68.9 cm³/mol. The molecule has 17 heavy (non-hydrogen) atoms. The summed E-state index contributed by atoms with van der Waals surface area (Å²) >= 11 is 0. The molecule has 4 nitrogen and oxygen atoms in total. The third kappa shape index (κ3) is 2.63. The van der Waals surface area contributed by atoms with Gasteiger partial charge in [0.15, 0.2) is 0 Å². The van der Waals surface area contributed by atoms with Gasteiger partial charge in [-0.1, -0.05) is 0 Å². The lowest BCUT2D eigenvalue weighted by atomic mass is 9.87. The van der Waals surface area contributed by atoms with Gasteiger partial charge in [-0.05, 0) is 46.8 Å². The number of carbonyl (C=O) groups is 1. The van der Waals surface area contributed by atoms with Crippen molar-refractivity contribution < 1.29 is 4.79 Å². The van der Waals surface area contributed by atoms with E-state index in [1.165, 1.54) is 6.42 Å². The van der Waals surface area contributed by atoms with E-state index in [2.05, 4.69) is 36.1 Å². The Bertz CT molecular complexity index is 284. The molecule has 2 heterocycles. The van der Waals surface area contributed by atoms with E-state index in [-0.39, 0.29) is 5.41 Å². The second kappa shape index (κ2) is 4.94. The van der Waals surface area contributed by atoms with Gasteiger partial charge in [-0.3, -0.25) is 4.79 Å². The van der Waals surface area contributed by atoms with Crippen molar-refractivity contribution in [1.29, 1.82) is 0 Å². The number of amides is 1. The van der Waals surface area contributed by atoms with Gasteiger partial charge in [0.2, 0.25) is 5.91 Å². The highest BCUT2D eigenvalue weighted by atomic mass is 16.2. The molecule has 2 fully saturated rings. The topological polar surface area (TPSA) is 35.6 Å². The maximum absolute atomic E-state index is 12.6.